The van der Waals surface area contributed by atoms with Crippen LogP contribution < -0.4 is 5.73 Å². The van der Waals surface area contributed by atoms with Crippen molar-refractivity contribution in [3.8, 4) is 0 Å². The van der Waals surface area contributed by atoms with E-state index in [0.717, 1.165) is 29.9 Å². The highest BCUT2D eigenvalue weighted by Gasteiger charge is 2.19. The van der Waals surface area contributed by atoms with Crippen LogP contribution in [0.2, 0.25) is 0 Å². The Hall–Kier alpha value is -1.62. The molecule has 1 aliphatic carbocycles. The lowest BCUT2D eigenvalue weighted by Crippen LogP contribution is -2.17. The fourth-order valence-electron chi connectivity index (χ4n) is 3.25. The Kier molecular flexibility index (Phi) is 4.10. The fraction of sp³-hybridized carbons (Fsp3) is 0.625. The van der Waals surface area contributed by atoms with Gasteiger partial charge in [-0.25, -0.2) is 0 Å². The molecular weight excluding hydrogens is 262 g/mol. The van der Waals surface area contributed by atoms with E-state index in [2.05, 4.69) is 35.0 Å². The van der Waals surface area contributed by atoms with Crippen LogP contribution in [0.3, 0.4) is 0 Å². The van der Waals surface area contributed by atoms with Crippen LogP contribution in [-0.4, -0.2) is 19.6 Å². The highest BCUT2D eigenvalue weighted by molar-refractivity contribution is 5.16. The van der Waals surface area contributed by atoms with Gasteiger partial charge in [-0.15, -0.1) is 0 Å². The second-order valence-electron chi connectivity index (χ2n) is 6.07. The first-order chi connectivity index (χ1) is 10.2. The summed E-state index contributed by atoms with van der Waals surface area (Å²) in [7, 11) is 1.96. The Morgan fingerprint density at radius 3 is 2.71 bits per heavy atom. The molecule has 114 valence electrons. The number of rotatable bonds is 5. The van der Waals surface area contributed by atoms with Gasteiger partial charge in [0.2, 0.25) is 0 Å². The lowest BCUT2D eigenvalue weighted by Gasteiger charge is -2.11. The molecule has 2 aromatic rings. The van der Waals surface area contributed by atoms with Gasteiger partial charge in [-0.05, 0) is 31.4 Å². The summed E-state index contributed by atoms with van der Waals surface area (Å²) in [5, 5.41) is 9.19. The molecule has 1 aliphatic rings. The van der Waals surface area contributed by atoms with Gasteiger partial charge in [0.25, 0.3) is 0 Å². The summed E-state index contributed by atoms with van der Waals surface area (Å²) < 4.78 is 4.03. The van der Waals surface area contributed by atoms with Crippen molar-refractivity contribution in [2.75, 3.05) is 0 Å². The molecule has 1 saturated carbocycles. The molecule has 0 aliphatic heterocycles. The van der Waals surface area contributed by atoms with Gasteiger partial charge in [0.1, 0.15) is 0 Å². The second-order valence-corrected chi connectivity index (χ2v) is 6.07. The maximum atomic E-state index is 6.35. The summed E-state index contributed by atoms with van der Waals surface area (Å²) >= 11 is 0. The van der Waals surface area contributed by atoms with E-state index in [-0.39, 0.29) is 6.04 Å². The van der Waals surface area contributed by atoms with Gasteiger partial charge in [-0.2, -0.15) is 10.2 Å². The van der Waals surface area contributed by atoms with E-state index >= 15 is 0 Å². The Labute approximate surface area is 126 Å². The van der Waals surface area contributed by atoms with Crippen LogP contribution >= 0.6 is 0 Å². The first-order valence-corrected chi connectivity index (χ1v) is 7.99. The van der Waals surface area contributed by atoms with Crippen molar-refractivity contribution in [2.24, 2.45) is 12.8 Å². The predicted molar refractivity (Wildman–Crippen MR) is 83.0 cm³/mol. The maximum absolute atomic E-state index is 6.35. The van der Waals surface area contributed by atoms with Gasteiger partial charge in [-0.1, -0.05) is 19.8 Å². The first kappa shape index (κ1) is 14.3. The number of hydrogen-bond donors (Lipinski definition) is 1. The topological polar surface area (TPSA) is 61.7 Å². The highest BCUT2D eigenvalue weighted by atomic mass is 15.3. The minimum atomic E-state index is -0.0465. The molecule has 2 aromatic heterocycles. The van der Waals surface area contributed by atoms with Crippen LogP contribution in [-0.2, 0) is 19.9 Å². The predicted octanol–water partition coefficient (Wildman–Crippen LogP) is 2.54. The summed E-state index contributed by atoms with van der Waals surface area (Å²) in [6.45, 7) is 2.11. The molecule has 3 rings (SSSR count). The molecule has 1 unspecified atom stereocenters. The van der Waals surface area contributed by atoms with Crippen LogP contribution in [0, 0.1) is 0 Å². The average Bonchev–Trinajstić information content (AvgIpc) is 3.17. The molecule has 21 heavy (non-hydrogen) atoms. The Balaban J connectivity index is 1.69. The van der Waals surface area contributed by atoms with Crippen molar-refractivity contribution >= 4 is 0 Å². The largest absolute Gasteiger partial charge is 0.322 e. The monoisotopic (exact) mass is 287 g/mol. The second kappa shape index (κ2) is 6.02. The zero-order valence-electron chi connectivity index (χ0n) is 13.0. The van der Waals surface area contributed by atoms with Gasteiger partial charge in [-0.3, -0.25) is 9.36 Å². The van der Waals surface area contributed by atoms with Crippen molar-refractivity contribution in [3.05, 3.63) is 35.4 Å². The van der Waals surface area contributed by atoms with Gasteiger partial charge >= 0.3 is 0 Å². The number of nitrogens with zero attached hydrogens (tertiary/aromatic N) is 4. The summed E-state index contributed by atoms with van der Waals surface area (Å²) in [6.07, 6.45) is 8.99. The van der Waals surface area contributed by atoms with Gasteiger partial charge in [0.05, 0.1) is 29.2 Å². The van der Waals surface area contributed by atoms with Gasteiger partial charge in [0, 0.05) is 19.7 Å². The molecule has 2 N–H and O–H groups in total. The summed E-state index contributed by atoms with van der Waals surface area (Å²) in [4.78, 5) is 0. The van der Waals surface area contributed by atoms with E-state index in [0.29, 0.717) is 6.04 Å². The number of hydrogen-bond acceptors (Lipinski definition) is 3. The fourth-order valence-corrected chi connectivity index (χ4v) is 3.25. The minimum absolute atomic E-state index is 0.0465. The lowest BCUT2D eigenvalue weighted by atomic mass is 10.1. The van der Waals surface area contributed by atoms with Crippen molar-refractivity contribution < 1.29 is 0 Å². The van der Waals surface area contributed by atoms with E-state index < -0.39 is 0 Å². The van der Waals surface area contributed by atoms with Crippen LogP contribution in [0.15, 0.2) is 18.3 Å². The SMILES string of the molecule is CCc1cc(C(N)Cc2ccn(C3CCCC3)n2)n(C)n1. The molecule has 1 atom stereocenters. The number of aryl methyl sites for hydroxylation is 2. The van der Waals surface area contributed by atoms with Gasteiger partial charge < -0.3 is 5.73 Å². The van der Waals surface area contributed by atoms with Crippen molar-refractivity contribution in [1.82, 2.24) is 19.6 Å². The van der Waals surface area contributed by atoms with Crippen molar-refractivity contribution in [2.45, 2.75) is 57.5 Å². The molecule has 1 fully saturated rings. The van der Waals surface area contributed by atoms with Crippen LogP contribution in [0.4, 0.5) is 0 Å². The smallest absolute Gasteiger partial charge is 0.0644 e. The summed E-state index contributed by atoms with van der Waals surface area (Å²) in [5.74, 6) is 0. The molecule has 0 amide bonds. The van der Waals surface area contributed by atoms with E-state index in [1.165, 1.54) is 25.7 Å². The minimum Gasteiger partial charge on any atom is -0.322 e. The van der Waals surface area contributed by atoms with Crippen molar-refractivity contribution in [1.29, 1.82) is 0 Å². The van der Waals surface area contributed by atoms with Crippen LogP contribution in [0.25, 0.3) is 0 Å². The lowest BCUT2D eigenvalue weighted by molar-refractivity contribution is 0.460. The molecule has 0 radical (unpaired) electrons. The Bertz CT molecular complexity index is 592. The maximum Gasteiger partial charge on any atom is 0.0644 e. The Morgan fingerprint density at radius 1 is 1.29 bits per heavy atom. The van der Waals surface area contributed by atoms with E-state index in [1.807, 2.05) is 11.7 Å². The third-order valence-corrected chi connectivity index (χ3v) is 4.50. The molecular formula is C16H25N5. The molecule has 0 saturated heterocycles. The van der Waals surface area contributed by atoms with Crippen LogP contribution in [0.5, 0.6) is 0 Å². The van der Waals surface area contributed by atoms with Crippen molar-refractivity contribution in [3.63, 3.8) is 0 Å². The third-order valence-electron chi connectivity index (χ3n) is 4.50. The van der Waals surface area contributed by atoms with Gasteiger partial charge in [0.15, 0.2) is 0 Å². The number of aromatic nitrogens is 4. The zero-order chi connectivity index (χ0) is 14.8. The summed E-state index contributed by atoms with van der Waals surface area (Å²) in [6, 6.07) is 4.77. The van der Waals surface area contributed by atoms with E-state index in [1.54, 1.807) is 0 Å². The quantitative estimate of drug-likeness (QED) is 0.919. The molecule has 0 spiro atoms. The highest BCUT2D eigenvalue weighted by Crippen LogP contribution is 2.29. The van der Waals surface area contributed by atoms with Crippen LogP contribution in [0.1, 0.15) is 61.8 Å². The number of nitrogens with two attached hydrogens (primary N) is 1. The standard InChI is InChI=1S/C16H25N5/c1-3-12-11-16(20(2)18-12)15(17)10-13-8-9-21(19-13)14-6-4-5-7-14/h8-9,11,14-15H,3-7,10,17H2,1-2H3. The van der Waals surface area contributed by atoms with E-state index in [9.17, 15) is 0 Å². The molecule has 2 heterocycles. The molecule has 0 bridgehead atoms. The average molecular weight is 287 g/mol. The van der Waals surface area contributed by atoms with E-state index in [4.69, 9.17) is 10.8 Å². The molecule has 5 nitrogen and oxygen atoms in total. The third kappa shape index (κ3) is 3.02. The summed E-state index contributed by atoms with van der Waals surface area (Å²) in [5.41, 5.74) is 9.61. The zero-order valence-corrected chi connectivity index (χ0v) is 13.0. The Morgan fingerprint density at radius 2 is 2.05 bits per heavy atom. The normalized spacial score (nSPS) is 17.5. The molecule has 0 aromatic carbocycles. The first-order valence-electron chi connectivity index (χ1n) is 7.99. The molecule has 5 heteroatoms.